The molecular weight excluding hydrogens is 364 g/mol. The van der Waals surface area contributed by atoms with Crippen molar-refractivity contribution in [3.05, 3.63) is 70.8 Å². The molecule has 2 aromatic carbocycles. The van der Waals surface area contributed by atoms with Crippen LogP contribution in [0.5, 0.6) is 0 Å². The van der Waals surface area contributed by atoms with Gasteiger partial charge in [0, 0.05) is 12.3 Å². The van der Waals surface area contributed by atoms with E-state index in [-0.39, 0.29) is 29.8 Å². The van der Waals surface area contributed by atoms with Crippen LogP contribution in [0.1, 0.15) is 54.9 Å². The average molecular weight is 390 g/mol. The summed E-state index contributed by atoms with van der Waals surface area (Å²) in [4.78, 5) is 38.3. The van der Waals surface area contributed by atoms with E-state index in [9.17, 15) is 14.4 Å². The van der Waals surface area contributed by atoms with Gasteiger partial charge in [-0.3, -0.25) is 14.4 Å². The second-order valence-electron chi connectivity index (χ2n) is 8.51. The number of ether oxygens (including phenoxy) is 1. The van der Waals surface area contributed by atoms with Crippen LogP contribution in [0.25, 0.3) is 0 Å². The maximum atomic E-state index is 13.2. The Morgan fingerprint density at radius 1 is 0.966 bits per heavy atom. The number of carbonyl (C=O) groups is 3. The summed E-state index contributed by atoms with van der Waals surface area (Å²) in [5.74, 6) is -2.60. The van der Waals surface area contributed by atoms with Crippen molar-refractivity contribution in [2.45, 2.75) is 51.6 Å². The third kappa shape index (κ3) is 3.76. The van der Waals surface area contributed by atoms with Crippen molar-refractivity contribution in [1.82, 2.24) is 0 Å². The van der Waals surface area contributed by atoms with E-state index in [1.165, 1.54) is 11.1 Å². The molecule has 4 heteroatoms. The minimum Gasteiger partial charge on any atom is -0.453 e. The van der Waals surface area contributed by atoms with Gasteiger partial charge in [-0.15, -0.1) is 0 Å². The quantitative estimate of drug-likeness (QED) is 0.571. The number of fused-ring (bicyclic) bond motifs is 2. The van der Waals surface area contributed by atoms with Crippen molar-refractivity contribution >= 4 is 17.5 Å². The van der Waals surface area contributed by atoms with E-state index in [0.29, 0.717) is 6.42 Å². The van der Waals surface area contributed by atoms with Crippen LogP contribution in [-0.4, -0.2) is 23.6 Å². The Bertz CT molecular complexity index is 911. The second-order valence-corrected chi connectivity index (χ2v) is 8.51. The summed E-state index contributed by atoms with van der Waals surface area (Å²) in [6, 6.07) is 16.3. The maximum absolute atomic E-state index is 13.2. The molecule has 0 spiro atoms. The van der Waals surface area contributed by atoms with Crippen LogP contribution in [0.2, 0.25) is 0 Å². The molecule has 0 aromatic heterocycles. The molecule has 1 saturated heterocycles. The average Bonchev–Trinajstić information content (AvgIpc) is 2.88. The molecule has 0 bridgehead atoms. The zero-order chi connectivity index (χ0) is 20.5. The molecule has 2 aromatic rings. The summed E-state index contributed by atoms with van der Waals surface area (Å²) >= 11 is 0. The van der Waals surface area contributed by atoms with Crippen LogP contribution in [0.4, 0.5) is 0 Å². The molecule has 2 aliphatic rings. The highest BCUT2D eigenvalue weighted by Gasteiger charge is 2.48. The fraction of sp³-hybridized carbons (Fsp3) is 0.400. The first-order chi connectivity index (χ1) is 14.0. The number of esters is 1. The summed E-state index contributed by atoms with van der Waals surface area (Å²) < 4.78 is 5.26. The molecular formula is C25H26O4. The summed E-state index contributed by atoms with van der Waals surface area (Å²) in [6.45, 7) is 3.94. The Hall–Kier alpha value is -2.75. The number of ketones is 2. The van der Waals surface area contributed by atoms with Crippen molar-refractivity contribution in [1.29, 1.82) is 0 Å². The summed E-state index contributed by atoms with van der Waals surface area (Å²) in [6.07, 6.45) is 1.64. The van der Waals surface area contributed by atoms with Crippen LogP contribution >= 0.6 is 0 Å². The molecule has 0 amide bonds. The highest BCUT2D eigenvalue weighted by molar-refractivity contribution is 6.21. The number of Topliss-reactive ketones (excluding diaryl/α,β-unsaturated/α-hetero) is 2. The summed E-state index contributed by atoms with van der Waals surface area (Å²) in [5.41, 5.74) is 4.67. The Morgan fingerprint density at radius 2 is 1.52 bits per heavy atom. The monoisotopic (exact) mass is 390 g/mol. The number of carbonyl (C=O) groups excluding carboxylic acids is 3. The number of hydrogen-bond donors (Lipinski definition) is 0. The lowest BCUT2D eigenvalue weighted by Gasteiger charge is -2.20. The summed E-state index contributed by atoms with van der Waals surface area (Å²) in [5, 5.41) is 0. The van der Waals surface area contributed by atoms with Crippen molar-refractivity contribution in [3.8, 4) is 0 Å². The second kappa shape index (κ2) is 7.94. The smallest absolute Gasteiger partial charge is 0.325 e. The molecule has 2 atom stereocenters. The van der Waals surface area contributed by atoms with E-state index in [1.807, 2.05) is 38.1 Å². The van der Waals surface area contributed by atoms with Gasteiger partial charge in [-0.25, -0.2) is 0 Å². The van der Waals surface area contributed by atoms with Gasteiger partial charge in [0.2, 0.25) is 0 Å². The number of benzene rings is 2. The molecule has 2 unspecified atom stereocenters. The first kappa shape index (κ1) is 19.6. The molecule has 29 heavy (non-hydrogen) atoms. The highest BCUT2D eigenvalue weighted by Crippen LogP contribution is 2.38. The van der Waals surface area contributed by atoms with E-state index >= 15 is 0 Å². The van der Waals surface area contributed by atoms with E-state index in [1.54, 1.807) is 0 Å². The zero-order valence-electron chi connectivity index (χ0n) is 16.9. The van der Waals surface area contributed by atoms with Crippen LogP contribution in [0.3, 0.4) is 0 Å². The van der Waals surface area contributed by atoms with Crippen LogP contribution in [-0.2, 0) is 32.0 Å². The lowest BCUT2D eigenvalue weighted by Crippen LogP contribution is -2.29. The number of aryl methyl sites for hydroxylation is 2. The van der Waals surface area contributed by atoms with Gasteiger partial charge in [-0.05, 0) is 47.4 Å². The van der Waals surface area contributed by atoms with Crippen molar-refractivity contribution in [3.63, 3.8) is 0 Å². The van der Waals surface area contributed by atoms with Gasteiger partial charge in [-0.2, -0.15) is 0 Å². The maximum Gasteiger partial charge on any atom is 0.325 e. The molecule has 150 valence electrons. The molecule has 4 rings (SSSR count). The lowest BCUT2D eigenvalue weighted by atomic mass is 9.81. The topological polar surface area (TPSA) is 60.4 Å². The van der Waals surface area contributed by atoms with Gasteiger partial charge < -0.3 is 4.74 Å². The fourth-order valence-corrected chi connectivity index (χ4v) is 4.63. The fourth-order valence-electron chi connectivity index (χ4n) is 4.63. The normalized spacial score (nSPS) is 21.5. The molecule has 4 nitrogen and oxygen atoms in total. The number of hydrogen-bond acceptors (Lipinski definition) is 4. The number of cyclic esters (lactones) is 1. The van der Waals surface area contributed by atoms with E-state index < -0.39 is 18.0 Å². The Labute approximate surface area is 171 Å². The van der Waals surface area contributed by atoms with Gasteiger partial charge in [0.25, 0.3) is 0 Å². The van der Waals surface area contributed by atoms with Gasteiger partial charge in [0.05, 0.1) is 0 Å². The van der Waals surface area contributed by atoms with Crippen molar-refractivity contribution in [2.75, 3.05) is 0 Å². The standard InChI is InChI=1S/C25H26O4/c1-15(2)13-22-24(27)23(25(28)29-22)21(26)14-20-18-9-5-3-7-16(18)11-12-17-8-4-6-10-19(17)20/h3-10,15,20,22-23H,11-14H2,1-2H3. The lowest BCUT2D eigenvalue weighted by molar-refractivity contribution is -0.147. The Morgan fingerprint density at radius 3 is 2.07 bits per heavy atom. The molecule has 0 N–H and O–H groups in total. The van der Waals surface area contributed by atoms with E-state index in [4.69, 9.17) is 4.74 Å². The molecule has 1 fully saturated rings. The molecule has 0 saturated carbocycles. The summed E-state index contributed by atoms with van der Waals surface area (Å²) in [7, 11) is 0. The molecule has 1 aliphatic heterocycles. The van der Waals surface area contributed by atoms with Gasteiger partial charge >= 0.3 is 5.97 Å². The zero-order valence-corrected chi connectivity index (χ0v) is 16.9. The van der Waals surface area contributed by atoms with Crippen LogP contribution in [0.15, 0.2) is 48.5 Å². The number of rotatable bonds is 5. The highest BCUT2D eigenvalue weighted by atomic mass is 16.6. The first-order valence-electron chi connectivity index (χ1n) is 10.4. The largest absolute Gasteiger partial charge is 0.453 e. The van der Waals surface area contributed by atoms with Crippen LogP contribution in [0, 0.1) is 11.8 Å². The predicted molar refractivity (Wildman–Crippen MR) is 110 cm³/mol. The van der Waals surface area contributed by atoms with Crippen LogP contribution < -0.4 is 0 Å². The minimum atomic E-state index is -1.28. The first-order valence-corrected chi connectivity index (χ1v) is 10.4. The van der Waals surface area contributed by atoms with Gasteiger partial charge in [-0.1, -0.05) is 62.4 Å². The van der Waals surface area contributed by atoms with E-state index in [2.05, 4.69) is 24.3 Å². The third-order valence-corrected chi connectivity index (χ3v) is 6.03. The predicted octanol–water partition coefficient (Wildman–Crippen LogP) is 4.03. The Balaban J connectivity index is 1.65. The molecule has 1 heterocycles. The van der Waals surface area contributed by atoms with Gasteiger partial charge in [0.15, 0.2) is 23.6 Å². The SMILES string of the molecule is CC(C)CC1OC(=O)C(C(=O)CC2c3ccccc3CCc3ccccc32)C1=O. The van der Waals surface area contributed by atoms with Crippen molar-refractivity contribution in [2.24, 2.45) is 11.8 Å². The molecule has 0 radical (unpaired) electrons. The Kier molecular flexibility index (Phi) is 5.35. The molecule has 1 aliphatic carbocycles. The van der Waals surface area contributed by atoms with Crippen molar-refractivity contribution < 1.29 is 19.1 Å². The van der Waals surface area contributed by atoms with E-state index in [0.717, 1.165) is 24.0 Å². The third-order valence-electron chi connectivity index (χ3n) is 6.03. The van der Waals surface area contributed by atoms with Gasteiger partial charge in [0.1, 0.15) is 0 Å². The minimum absolute atomic E-state index is 0.133.